The van der Waals surface area contributed by atoms with Gasteiger partial charge in [0.25, 0.3) is 5.91 Å². The highest BCUT2D eigenvalue weighted by Gasteiger charge is 2.30. The Morgan fingerprint density at radius 1 is 1.19 bits per heavy atom. The van der Waals surface area contributed by atoms with Crippen molar-refractivity contribution in [3.05, 3.63) is 59.7 Å². The largest absolute Gasteiger partial charge is 0.495 e. The molecule has 1 aliphatic rings. The van der Waals surface area contributed by atoms with Gasteiger partial charge in [0.15, 0.2) is 6.04 Å². The summed E-state index contributed by atoms with van der Waals surface area (Å²) in [5, 5.41) is 3.07. The van der Waals surface area contributed by atoms with E-state index in [1.807, 2.05) is 32.0 Å². The Morgan fingerprint density at radius 2 is 1.89 bits per heavy atom. The molecule has 0 aliphatic carbocycles. The van der Waals surface area contributed by atoms with Gasteiger partial charge in [-0.15, -0.1) is 0 Å². The number of methoxy groups -OCH3 is 1. The second kappa shape index (κ2) is 9.05. The van der Waals surface area contributed by atoms with E-state index < -0.39 is 0 Å². The quantitative estimate of drug-likeness (QED) is 0.824. The van der Waals surface area contributed by atoms with Gasteiger partial charge >= 0.3 is 0 Å². The first-order valence-corrected chi connectivity index (χ1v) is 9.91. The molecule has 0 radical (unpaired) electrons. The van der Waals surface area contributed by atoms with Crippen LogP contribution >= 0.6 is 0 Å². The molecule has 1 fully saturated rings. The number of aryl methyl sites for hydroxylation is 1. The van der Waals surface area contributed by atoms with Crippen LogP contribution in [-0.4, -0.2) is 32.1 Å². The van der Waals surface area contributed by atoms with Crippen molar-refractivity contribution in [1.29, 1.82) is 0 Å². The lowest BCUT2D eigenvalue weighted by Crippen LogP contribution is -3.17. The number of carbonyl (C=O) groups is 1. The van der Waals surface area contributed by atoms with Crippen molar-refractivity contribution >= 4 is 11.6 Å². The molecule has 1 amide bonds. The van der Waals surface area contributed by atoms with Gasteiger partial charge in [0.2, 0.25) is 0 Å². The number of carbonyl (C=O) groups excluding carboxylic acids is 1. The van der Waals surface area contributed by atoms with E-state index in [2.05, 4.69) is 35.6 Å². The van der Waals surface area contributed by atoms with Crippen molar-refractivity contribution in [3.63, 3.8) is 0 Å². The lowest BCUT2D eigenvalue weighted by atomic mass is 9.89. The molecule has 2 aromatic carbocycles. The molecule has 0 aromatic heterocycles. The molecule has 27 heavy (non-hydrogen) atoms. The van der Waals surface area contributed by atoms with E-state index in [1.54, 1.807) is 7.11 Å². The van der Waals surface area contributed by atoms with Gasteiger partial charge in [-0.1, -0.05) is 36.4 Å². The number of quaternary nitrogens is 1. The van der Waals surface area contributed by atoms with Crippen molar-refractivity contribution in [2.24, 2.45) is 5.92 Å². The van der Waals surface area contributed by atoms with E-state index in [-0.39, 0.29) is 11.9 Å². The molecule has 1 atom stereocenters. The zero-order valence-electron chi connectivity index (χ0n) is 16.6. The number of hydrogen-bond acceptors (Lipinski definition) is 2. The van der Waals surface area contributed by atoms with Crippen LogP contribution in [0.3, 0.4) is 0 Å². The summed E-state index contributed by atoms with van der Waals surface area (Å²) in [5.74, 6) is 1.50. The fraction of sp³-hybridized carbons (Fsp3) is 0.435. The second-order valence-corrected chi connectivity index (χ2v) is 7.71. The number of rotatable bonds is 6. The van der Waals surface area contributed by atoms with Crippen LogP contribution in [0, 0.1) is 12.8 Å². The molecule has 144 valence electrons. The summed E-state index contributed by atoms with van der Waals surface area (Å²) in [6, 6.07) is 16.5. The van der Waals surface area contributed by atoms with E-state index in [1.165, 1.54) is 23.3 Å². The summed E-state index contributed by atoms with van der Waals surface area (Å²) in [7, 11) is 1.63. The summed E-state index contributed by atoms with van der Waals surface area (Å²) >= 11 is 0. The van der Waals surface area contributed by atoms with E-state index in [0.29, 0.717) is 5.75 Å². The number of anilines is 1. The van der Waals surface area contributed by atoms with E-state index in [4.69, 9.17) is 4.74 Å². The van der Waals surface area contributed by atoms with Crippen LogP contribution < -0.4 is 15.0 Å². The molecular weight excluding hydrogens is 336 g/mol. The van der Waals surface area contributed by atoms with Crippen LogP contribution in [0.5, 0.6) is 5.75 Å². The normalized spacial score (nSPS) is 20.7. The standard InChI is InChI=1S/C23H30N2O2/c1-17-9-10-22(27-3)21(15-17)24-23(26)18(2)25-13-11-20(12-14-25)16-19-7-5-4-6-8-19/h4-10,15,18,20H,11-14,16H2,1-3H3,(H,24,26)/p+1/t18-/m1/s1. The van der Waals surface area contributed by atoms with E-state index in [9.17, 15) is 4.79 Å². The average Bonchev–Trinajstić information content (AvgIpc) is 2.69. The minimum Gasteiger partial charge on any atom is -0.495 e. The number of nitrogens with one attached hydrogen (secondary N) is 2. The SMILES string of the molecule is COc1ccc(C)cc1NC(=O)[C@@H](C)[NH+]1CCC(Cc2ccccc2)CC1. The maximum Gasteiger partial charge on any atom is 0.282 e. The molecular formula is C23H31N2O2+. The van der Waals surface area contributed by atoms with Gasteiger partial charge in [-0.2, -0.15) is 0 Å². The Labute approximate surface area is 162 Å². The first-order valence-electron chi connectivity index (χ1n) is 9.91. The van der Waals surface area contributed by atoms with Crippen LogP contribution in [0.2, 0.25) is 0 Å². The fourth-order valence-corrected chi connectivity index (χ4v) is 3.98. The predicted octanol–water partition coefficient (Wildman–Crippen LogP) is 2.87. The number of benzene rings is 2. The molecule has 0 saturated carbocycles. The molecule has 0 bridgehead atoms. The van der Waals surface area contributed by atoms with Crippen molar-refractivity contribution in [1.82, 2.24) is 0 Å². The highest BCUT2D eigenvalue weighted by Crippen LogP contribution is 2.25. The van der Waals surface area contributed by atoms with E-state index >= 15 is 0 Å². The van der Waals surface area contributed by atoms with Crippen molar-refractivity contribution < 1.29 is 14.4 Å². The third kappa shape index (κ3) is 5.10. The molecule has 1 heterocycles. The molecule has 3 rings (SSSR count). The molecule has 2 aromatic rings. The molecule has 2 N–H and O–H groups in total. The predicted molar refractivity (Wildman–Crippen MR) is 109 cm³/mol. The molecule has 0 unspecified atom stereocenters. The lowest BCUT2D eigenvalue weighted by molar-refractivity contribution is -0.919. The summed E-state index contributed by atoms with van der Waals surface area (Å²) in [4.78, 5) is 14.2. The van der Waals surface area contributed by atoms with Crippen LogP contribution in [0.1, 0.15) is 30.9 Å². The van der Waals surface area contributed by atoms with Gasteiger partial charge in [0.05, 0.1) is 25.9 Å². The maximum atomic E-state index is 12.8. The Bertz CT molecular complexity index is 752. The van der Waals surface area contributed by atoms with Crippen LogP contribution in [0.25, 0.3) is 0 Å². The van der Waals surface area contributed by atoms with E-state index in [0.717, 1.165) is 36.7 Å². The van der Waals surface area contributed by atoms with Gasteiger partial charge in [0, 0.05) is 0 Å². The molecule has 0 spiro atoms. The minimum atomic E-state index is -0.0621. The topological polar surface area (TPSA) is 42.8 Å². The number of ether oxygens (including phenoxy) is 1. The highest BCUT2D eigenvalue weighted by atomic mass is 16.5. The van der Waals surface area contributed by atoms with Gasteiger partial charge in [-0.05, 0) is 62.3 Å². The second-order valence-electron chi connectivity index (χ2n) is 7.71. The zero-order chi connectivity index (χ0) is 19.2. The third-order valence-electron chi connectivity index (χ3n) is 5.73. The summed E-state index contributed by atoms with van der Waals surface area (Å²) in [6.07, 6.45) is 3.50. The smallest absolute Gasteiger partial charge is 0.282 e. The molecule has 1 saturated heterocycles. The minimum absolute atomic E-state index is 0.0621. The van der Waals surface area contributed by atoms with Crippen molar-refractivity contribution in [3.8, 4) is 5.75 Å². The highest BCUT2D eigenvalue weighted by molar-refractivity contribution is 5.95. The van der Waals surface area contributed by atoms with Gasteiger partial charge in [-0.3, -0.25) is 4.79 Å². The number of likely N-dealkylation sites (tertiary alicyclic amines) is 1. The Kier molecular flexibility index (Phi) is 6.51. The Hall–Kier alpha value is -2.33. The van der Waals surface area contributed by atoms with Crippen molar-refractivity contribution in [2.75, 3.05) is 25.5 Å². The van der Waals surface area contributed by atoms with Gasteiger partial charge in [0.1, 0.15) is 5.75 Å². The lowest BCUT2D eigenvalue weighted by Gasteiger charge is -2.32. The average molecular weight is 368 g/mol. The number of hydrogen-bond donors (Lipinski definition) is 2. The molecule has 4 heteroatoms. The van der Waals surface area contributed by atoms with Gasteiger partial charge in [-0.25, -0.2) is 0 Å². The first kappa shape index (κ1) is 19.4. The van der Waals surface area contributed by atoms with Gasteiger partial charge < -0.3 is 15.0 Å². The fourth-order valence-electron chi connectivity index (χ4n) is 3.98. The summed E-state index contributed by atoms with van der Waals surface area (Å²) in [6.45, 7) is 6.15. The Morgan fingerprint density at radius 3 is 2.56 bits per heavy atom. The zero-order valence-corrected chi connectivity index (χ0v) is 16.6. The first-order chi connectivity index (χ1) is 13.1. The van der Waals surface area contributed by atoms with Crippen LogP contribution in [-0.2, 0) is 11.2 Å². The Balaban J connectivity index is 1.53. The molecule has 4 nitrogen and oxygen atoms in total. The van der Waals surface area contributed by atoms with Crippen LogP contribution in [0.4, 0.5) is 5.69 Å². The summed E-state index contributed by atoms with van der Waals surface area (Å²) in [5.41, 5.74) is 3.28. The van der Waals surface area contributed by atoms with Crippen LogP contribution in [0.15, 0.2) is 48.5 Å². The number of piperidine rings is 1. The molecule has 1 aliphatic heterocycles. The van der Waals surface area contributed by atoms with Crippen molar-refractivity contribution in [2.45, 2.75) is 39.2 Å². The number of amides is 1. The monoisotopic (exact) mass is 367 g/mol. The summed E-state index contributed by atoms with van der Waals surface area (Å²) < 4.78 is 5.38. The third-order valence-corrected chi connectivity index (χ3v) is 5.73. The maximum absolute atomic E-state index is 12.8.